The van der Waals surface area contributed by atoms with Crippen molar-refractivity contribution in [2.45, 2.75) is 148 Å². The molecule has 2 N–H and O–H groups in total. The average Bonchev–Trinajstić information content (AvgIpc) is 2.77. The van der Waals surface area contributed by atoms with Crippen LogP contribution in [0.2, 0.25) is 0 Å². The Hall–Kier alpha value is 0.460. The van der Waals surface area contributed by atoms with Crippen LogP contribution < -0.4 is 0 Å². The van der Waals surface area contributed by atoms with Gasteiger partial charge in [-0.15, -0.1) is 0 Å². The van der Waals surface area contributed by atoms with Crippen molar-refractivity contribution in [3.8, 4) is 0 Å². The molecular formula is C27H57O4PS. The first kappa shape index (κ1) is 33.5. The Morgan fingerprint density at radius 2 is 1.03 bits per heavy atom. The van der Waals surface area contributed by atoms with Crippen LogP contribution in [0.1, 0.15) is 142 Å². The smallest absolute Gasteiger partial charge is 0.328 e. The Morgan fingerprint density at radius 1 is 0.636 bits per heavy atom. The maximum Gasteiger partial charge on any atom is 0.328 e. The normalized spacial score (nSPS) is 13.0. The second-order valence-corrected chi connectivity index (χ2v) is 12.6. The number of hydrogen-bond donors (Lipinski definition) is 2. The van der Waals surface area contributed by atoms with Gasteiger partial charge in [0.2, 0.25) is 0 Å². The van der Waals surface area contributed by atoms with E-state index in [0.29, 0.717) is 12.4 Å². The molecule has 33 heavy (non-hydrogen) atoms. The van der Waals surface area contributed by atoms with Crippen molar-refractivity contribution in [1.29, 1.82) is 0 Å². The van der Waals surface area contributed by atoms with E-state index < -0.39 is 7.60 Å². The average molecular weight is 509 g/mol. The molecule has 4 nitrogen and oxygen atoms in total. The van der Waals surface area contributed by atoms with Crippen LogP contribution in [0.3, 0.4) is 0 Å². The summed E-state index contributed by atoms with van der Waals surface area (Å²) in [5.74, 6) is 1.76. The first-order chi connectivity index (χ1) is 16.0. The van der Waals surface area contributed by atoms with E-state index in [2.05, 4.69) is 13.8 Å². The molecule has 200 valence electrons. The van der Waals surface area contributed by atoms with E-state index in [1.54, 1.807) is 11.8 Å². The highest BCUT2D eigenvalue weighted by molar-refractivity contribution is 7.99. The van der Waals surface area contributed by atoms with E-state index in [1.807, 2.05) is 0 Å². The lowest BCUT2D eigenvalue weighted by molar-refractivity contribution is 0.0774. The number of rotatable bonds is 27. The monoisotopic (exact) mass is 508 g/mol. The fourth-order valence-corrected chi connectivity index (χ4v) is 6.16. The van der Waals surface area contributed by atoms with Crippen LogP contribution in [0.5, 0.6) is 0 Å². The second-order valence-electron chi connectivity index (χ2n) is 9.78. The van der Waals surface area contributed by atoms with E-state index in [1.165, 1.54) is 116 Å². The lowest BCUT2D eigenvalue weighted by Gasteiger charge is -2.18. The molecule has 0 radical (unpaired) electrons. The maximum absolute atomic E-state index is 11.5. The summed E-state index contributed by atoms with van der Waals surface area (Å²) in [5.41, 5.74) is 0. The molecule has 6 heteroatoms. The third-order valence-electron chi connectivity index (χ3n) is 6.24. The minimum absolute atomic E-state index is 0.143. The van der Waals surface area contributed by atoms with E-state index in [9.17, 15) is 14.4 Å². The topological polar surface area (TPSA) is 66.8 Å². The molecule has 0 saturated heterocycles. The fourth-order valence-electron chi connectivity index (χ4n) is 4.16. The molecule has 0 fully saturated rings. The van der Waals surface area contributed by atoms with Crippen molar-refractivity contribution in [2.24, 2.45) is 0 Å². The summed E-state index contributed by atoms with van der Waals surface area (Å²) in [5, 5.41) is 0. The quantitative estimate of drug-likeness (QED) is 0.0855. The predicted molar refractivity (Wildman–Crippen MR) is 148 cm³/mol. The molecule has 0 aromatic heterocycles. The lowest BCUT2D eigenvalue weighted by Crippen LogP contribution is -2.22. The Balaban J connectivity index is 3.63. The van der Waals surface area contributed by atoms with Gasteiger partial charge in [0.25, 0.3) is 0 Å². The van der Waals surface area contributed by atoms with Crippen LogP contribution in [0, 0.1) is 0 Å². The standard InChI is InChI=1S/C27H57O4PS/c1-3-5-7-9-11-13-14-15-16-18-20-22-24-33-26-27(25-32(28,29)30)31-23-21-19-17-12-10-8-6-4-2/h27H,3-26H2,1-2H3,(H2,28,29,30). The third kappa shape index (κ3) is 28.6. The van der Waals surface area contributed by atoms with Crippen LogP contribution in [-0.2, 0) is 9.30 Å². The lowest BCUT2D eigenvalue weighted by atomic mass is 10.1. The van der Waals surface area contributed by atoms with E-state index in [4.69, 9.17) is 4.74 Å². The minimum Gasteiger partial charge on any atom is -0.377 e. The molecule has 0 aromatic carbocycles. The zero-order valence-electron chi connectivity index (χ0n) is 22.1. The summed E-state index contributed by atoms with van der Waals surface area (Å²) < 4.78 is 17.3. The van der Waals surface area contributed by atoms with Gasteiger partial charge in [-0.25, -0.2) is 0 Å². The van der Waals surface area contributed by atoms with Gasteiger partial charge < -0.3 is 14.5 Å². The molecule has 0 aliphatic heterocycles. The molecule has 0 saturated carbocycles. The molecule has 0 heterocycles. The molecule has 0 aliphatic carbocycles. The molecule has 0 bridgehead atoms. The summed E-state index contributed by atoms with van der Waals surface area (Å²) >= 11 is 1.79. The van der Waals surface area contributed by atoms with Gasteiger partial charge in [0.05, 0.1) is 12.3 Å². The van der Waals surface area contributed by atoms with Gasteiger partial charge in [0.15, 0.2) is 0 Å². The highest BCUT2D eigenvalue weighted by atomic mass is 32.2. The Labute approximate surface area is 211 Å². The van der Waals surface area contributed by atoms with Gasteiger partial charge in [-0.05, 0) is 18.6 Å². The minimum atomic E-state index is -4.03. The second kappa shape index (κ2) is 25.5. The van der Waals surface area contributed by atoms with Crippen molar-refractivity contribution >= 4 is 19.4 Å². The zero-order chi connectivity index (χ0) is 24.5. The van der Waals surface area contributed by atoms with Crippen molar-refractivity contribution in [2.75, 3.05) is 24.3 Å². The molecule has 1 atom stereocenters. The van der Waals surface area contributed by atoms with E-state index >= 15 is 0 Å². The van der Waals surface area contributed by atoms with Crippen molar-refractivity contribution in [3.63, 3.8) is 0 Å². The summed E-state index contributed by atoms with van der Waals surface area (Å²) in [7, 11) is -4.03. The van der Waals surface area contributed by atoms with Crippen molar-refractivity contribution in [3.05, 3.63) is 0 Å². The highest BCUT2D eigenvalue weighted by Crippen LogP contribution is 2.36. The summed E-state index contributed by atoms with van der Waals surface area (Å²) in [4.78, 5) is 18.7. The van der Waals surface area contributed by atoms with Gasteiger partial charge >= 0.3 is 7.60 Å². The Kier molecular flexibility index (Phi) is 25.9. The highest BCUT2D eigenvalue weighted by Gasteiger charge is 2.22. The van der Waals surface area contributed by atoms with Gasteiger partial charge in [-0.2, -0.15) is 11.8 Å². The van der Waals surface area contributed by atoms with Gasteiger partial charge in [0, 0.05) is 12.4 Å². The van der Waals surface area contributed by atoms with E-state index in [-0.39, 0.29) is 12.3 Å². The summed E-state index contributed by atoms with van der Waals surface area (Å²) in [6.07, 6.45) is 25.8. The third-order valence-corrected chi connectivity index (χ3v) is 8.31. The van der Waals surface area contributed by atoms with Gasteiger partial charge in [-0.1, -0.05) is 129 Å². The van der Waals surface area contributed by atoms with Crippen LogP contribution >= 0.6 is 19.4 Å². The number of ether oxygens (including phenoxy) is 1. The fraction of sp³-hybridized carbons (Fsp3) is 1.00. The predicted octanol–water partition coefficient (Wildman–Crippen LogP) is 9.12. The molecule has 0 spiro atoms. The largest absolute Gasteiger partial charge is 0.377 e. The van der Waals surface area contributed by atoms with Crippen LogP contribution in [0.4, 0.5) is 0 Å². The molecular weight excluding hydrogens is 451 g/mol. The number of hydrogen-bond acceptors (Lipinski definition) is 3. The zero-order valence-corrected chi connectivity index (χ0v) is 23.8. The van der Waals surface area contributed by atoms with Gasteiger partial charge in [-0.3, -0.25) is 4.57 Å². The molecule has 0 rings (SSSR count). The number of thioether (sulfide) groups is 1. The van der Waals surface area contributed by atoms with Crippen LogP contribution in [0.25, 0.3) is 0 Å². The Bertz CT molecular complexity index is 430. The number of unbranched alkanes of at least 4 members (excludes halogenated alkanes) is 18. The first-order valence-electron chi connectivity index (χ1n) is 14.2. The molecule has 0 aliphatic rings. The Morgan fingerprint density at radius 3 is 1.45 bits per heavy atom. The van der Waals surface area contributed by atoms with Crippen LogP contribution in [0.15, 0.2) is 0 Å². The summed E-state index contributed by atoms with van der Waals surface area (Å²) in [6.45, 7) is 5.13. The van der Waals surface area contributed by atoms with E-state index in [0.717, 1.165) is 18.6 Å². The van der Waals surface area contributed by atoms with Crippen molar-refractivity contribution < 1.29 is 19.1 Å². The molecule has 0 aromatic rings. The SMILES string of the molecule is CCCCCCCCCCCCCCSCC(CP(=O)(O)O)OCCCCCCCCCC. The molecule has 1 unspecified atom stereocenters. The van der Waals surface area contributed by atoms with Crippen molar-refractivity contribution in [1.82, 2.24) is 0 Å². The van der Waals surface area contributed by atoms with Crippen LogP contribution in [-0.4, -0.2) is 40.2 Å². The molecule has 0 amide bonds. The summed E-state index contributed by atoms with van der Waals surface area (Å²) in [6, 6.07) is 0. The first-order valence-corrected chi connectivity index (χ1v) is 17.2. The van der Waals surface area contributed by atoms with Gasteiger partial charge in [0.1, 0.15) is 0 Å². The maximum atomic E-state index is 11.5.